The van der Waals surface area contributed by atoms with Gasteiger partial charge in [0.05, 0.1) is 12.4 Å². The molecule has 4 nitrogen and oxygen atoms in total. The van der Waals surface area contributed by atoms with E-state index in [4.69, 9.17) is 0 Å². The van der Waals surface area contributed by atoms with Crippen LogP contribution in [0.2, 0.25) is 0 Å². The van der Waals surface area contributed by atoms with Crippen LogP contribution in [0, 0.1) is 5.92 Å². The molecule has 0 saturated carbocycles. The maximum Gasteiger partial charge on any atom is 0.153 e. The summed E-state index contributed by atoms with van der Waals surface area (Å²) in [6.07, 6.45) is 5.76. The molecule has 0 amide bonds. The van der Waals surface area contributed by atoms with Gasteiger partial charge in [0.1, 0.15) is 0 Å². The van der Waals surface area contributed by atoms with Crippen molar-refractivity contribution >= 4 is 0 Å². The van der Waals surface area contributed by atoms with Gasteiger partial charge in [0.15, 0.2) is 5.75 Å². The van der Waals surface area contributed by atoms with Gasteiger partial charge in [0.2, 0.25) is 0 Å². The third-order valence-corrected chi connectivity index (χ3v) is 3.12. The predicted octanol–water partition coefficient (Wildman–Crippen LogP) is 1.32. The Morgan fingerprint density at radius 3 is 3.13 bits per heavy atom. The van der Waals surface area contributed by atoms with Gasteiger partial charge in [0.25, 0.3) is 0 Å². The number of nitrogens with zero attached hydrogens (tertiary/aromatic N) is 3. The first-order valence-corrected chi connectivity index (χ1v) is 5.71. The van der Waals surface area contributed by atoms with Crippen LogP contribution in [0.4, 0.5) is 0 Å². The molecule has 15 heavy (non-hydrogen) atoms. The van der Waals surface area contributed by atoms with Crippen molar-refractivity contribution in [1.82, 2.24) is 14.7 Å². The molecule has 1 unspecified atom stereocenters. The van der Waals surface area contributed by atoms with E-state index >= 15 is 0 Å². The molecule has 2 rings (SSSR count). The van der Waals surface area contributed by atoms with E-state index < -0.39 is 0 Å². The standard InChI is InChI=1S/C11H19N3O/c1-2-13-5-3-4-10(7-13)8-14-9-11(15)6-12-14/h6,9-10,15H,2-5,7-8H2,1H3. The minimum Gasteiger partial charge on any atom is -0.505 e. The largest absolute Gasteiger partial charge is 0.505 e. The van der Waals surface area contributed by atoms with Gasteiger partial charge in [-0.05, 0) is 31.8 Å². The van der Waals surface area contributed by atoms with E-state index in [1.54, 1.807) is 6.20 Å². The molecule has 4 heteroatoms. The van der Waals surface area contributed by atoms with E-state index in [9.17, 15) is 5.11 Å². The zero-order valence-corrected chi connectivity index (χ0v) is 9.26. The van der Waals surface area contributed by atoms with E-state index in [-0.39, 0.29) is 5.75 Å². The Kier molecular flexibility index (Phi) is 3.26. The van der Waals surface area contributed by atoms with E-state index in [1.165, 1.54) is 25.6 Å². The van der Waals surface area contributed by atoms with Crippen LogP contribution >= 0.6 is 0 Å². The zero-order valence-electron chi connectivity index (χ0n) is 9.26. The summed E-state index contributed by atoms with van der Waals surface area (Å²) in [5, 5.41) is 13.3. The molecule has 84 valence electrons. The third kappa shape index (κ3) is 2.72. The summed E-state index contributed by atoms with van der Waals surface area (Å²) in [6, 6.07) is 0. The van der Waals surface area contributed by atoms with Crippen LogP contribution in [0.15, 0.2) is 12.4 Å². The van der Waals surface area contributed by atoms with E-state index in [0.29, 0.717) is 5.92 Å². The first kappa shape index (κ1) is 10.5. The summed E-state index contributed by atoms with van der Waals surface area (Å²) >= 11 is 0. The second-order valence-corrected chi connectivity index (χ2v) is 4.32. The maximum absolute atomic E-state index is 9.19. The minimum atomic E-state index is 0.262. The van der Waals surface area contributed by atoms with Gasteiger partial charge in [-0.3, -0.25) is 4.68 Å². The number of piperidine rings is 1. The number of likely N-dealkylation sites (tertiary alicyclic amines) is 1. The van der Waals surface area contributed by atoms with Crippen molar-refractivity contribution in [3.05, 3.63) is 12.4 Å². The molecular formula is C11H19N3O. The Bertz CT molecular complexity index is 311. The van der Waals surface area contributed by atoms with Crippen molar-refractivity contribution in [3.8, 4) is 5.75 Å². The van der Waals surface area contributed by atoms with Crippen LogP contribution in [0.25, 0.3) is 0 Å². The normalized spacial score (nSPS) is 23.1. The average Bonchev–Trinajstić information content (AvgIpc) is 2.64. The lowest BCUT2D eigenvalue weighted by Crippen LogP contribution is -2.36. The molecule has 0 radical (unpaired) electrons. The monoisotopic (exact) mass is 209 g/mol. The van der Waals surface area contributed by atoms with Crippen molar-refractivity contribution in [1.29, 1.82) is 0 Å². The van der Waals surface area contributed by atoms with Gasteiger partial charge >= 0.3 is 0 Å². The van der Waals surface area contributed by atoms with Gasteiger partial charge in [0, 0.05) is 13.1 Å². The lowest BCUT2D eigenvalue weighted by atomic mass is 9.98. The highest BCUT2D eigenvalue weighted by molar-refractivity contribution is 5.08. The van der Waals surface area contributed by atoms with Crippen molar-refractivity contribution in [2.45, 2.75) is 26.3 Å². The fourth-order valence-corrected chi connectivity index (χ4v) is 2.30. The summed E-state index contributed by atoms with van der Waals surface area (Å²) in [6.45, 7) is 6.68. The Balaban J connectivity index is 1.88. The number of hydrogen-bond acceptors (Lipinski definition) is 3. The molecule has 0 aromatic carbocycles. The van der Waals surface area contributed by atoms with Gasteiger partial charge in [-0.25, -0.2) is 0 Å². The van der Waals surface area contributed by atoms with Crippen molar-refractivity contribution in [3.63, 3.8) is 0 Å². The van der Waals surface area contributed by atoms with Crippen molar-refractivity contribution in [2.24, 2.45) is 5.92 Å². The molecule has 1 aromatic heterocycles. The summed E-state index contributed by atoms with van der Waals surface area (Å²) in [4.78, 5) is 2.48. The highest BCUT2D eigenvalue weighted by Gasteiger charge is 2.19. The van der Waals surface area contributed by atoms with Crippen LogP contribution in [-0.4, -0.2) is 39.4 Å². The smallest absolute Gasteiger partial charge is 0.153 e. The number of aromatic hydroxyl groups is 1. The lowest BCUT2D eigenvalue weighted by molar-refractivity contribution is 0.167. The third-order valence-electron chi connectivity index (χ3n) is 3.12. The number of hydrogen-bond donors (Lipinski definition) is 1. The second-order valence-electron chi connectivity index (χ2n) is 4.32. The molecule has 1 aliphatic rings. The van der Waals surface area contributed by atoms with Gasteiger partial charge in [-0.1, -0.05) is 6.92 Å². The van der Waals surface area contributed by atoms with E-state index in [0.717, 1.165) is 19.6 Å². The fraction of sp³-hybridized carbons (Fsp3) is 0.727. The van der Waals surface area contributed by atoms with Crippen molar-refractivity contribution in [2.75, 3.05) is 19.6 Å². The molecule has 1 N–H and O–H groups in total. The van der Waals surface area contributed by atoms with E-state index in [2.05, 4.69) is 16.9 Å². The minimum absolute atomic E-state index is 0.262. The molecule has 0 aliphatic carbocycles. The number of aromatic nitrogens is 2. The molecule has 0 bridgehead atoms. The first-order valence-electron chi connectivity index (χ1n) is 5.71. The summed E-state index contributed by atoms with van der Waals surface area (Å²) in [5.41, 5.74) is 0. The van der Waals surface area contributed by atoms with Crippen LogP contribution in [0.5, 0.6) is 5.75 Å². The maximum atomic E-state index is 9.19. The highest BCUT2D eigenvalue weighted by atomic mass is 16.3. The predicted molar refractivity (Wildman–Crippen MR) is 58.7 cm³/mol. The van der Waals surface area contributed by atoms with Gasteiger partial charge in [-0.2, -0.15) is 5.10 Å². The summed E-state index contributed by atoms with van der Waals surface area (Å²) in [7, 11) is 0. The van der Waals surface area contributed by atoms with Crippen LogP contribution < -0.4 is 0 Å². The number of rotatable bonds is 3. The molecule has 1 atom stereocenters. The van der Waals surface area contributed by atoms with Crippen LogP contribution in [-0.2, 0) is 6.54 Å². The molecule has 1 saturated heterocycles. The Hall–Kier alpha value is -1.03. The quantitative estimate of drug-likeness (QED) is 0.816. The summed E-state index contributed by atoms with van der Waals surface area (Å²) < 4.78 is 1.85. The summed E-state index contributed by atoms with van der Waals surface area (Å²) in [5.74, 6) is 0.941. The van der Waals surface area contributed by atoms with Crippen molar-refractivity contribution < 1.29 is 5.11 Å². The van der Waals surface area contributed by atoms with E-state index in [1.807, 2.05) is 4.68 Å². The molecule has 0 spiro atoms. The van der Waals surface area contributed by atoms with Gasteiger partial charge in [-0.15, -0.1) is 0 Å². The topological polar surface area (TPSA) is 41.3 Å². The molecule has 2 heterocycles. The molecule has 1 fully saturated rings. The SMILES string of the molecule is CCN1CCCC(Cn2cc(O)cn2)C1. The zero-order chi connectivity index (χ0) is 10.7. The lowest BCUT2D eigenvalue weighted by Gasteiger charge is -2.31. The first-order chi connectivity index (χ1) is 7.28. The Labute approximate surface area is 90.5 Å². The molecule has 1 aliphatic heterocycles. The van der Waals surface area contributed by atoms with Gasteiger partial charge < -0.3 is 10.0 Å². The Morgan fingerprint density at radius 2 is 2.47 bits per heavy atom. The fourth-order valence-electron chi connectivity index (χ4n) is 2.30. The highest BCUT2D eigenvalue weighted by Crippen LogP contribution is 2.18. The molecular weight excluding hydrogens is 190 g/mol. The molecule has 1 aromatic rings. The second kappa shape index (κ2) is 4.66. The Morgan fingerprint density at radius 1 is 1.60 bits per heavy atom. The van der Waals surface area contributed by atoms with Crippen LogP contribution in [0.3, 0.4) is 0 Å². The van der Waals surface area contributed by atoms with Crippen LogP contribution in [0.1, 0.15) is 19.8 Å². The average molecular weight is 209 g/mol.